The Hall–Kier alpha value is -5.07. The SMILES string of the molecule is Cc1sc2c(c1C)C(c1ccc(N3CCC(O)(CN4CCN(c5ccc([C@@H]6c7ccc(O)cc7CC[C@@H]6c6ccc(F)cc6)cc5Cl)CC4)CC3)cc1)=N[C@@H](C)c1nnc(C)n1-2. The fourth-order valence-electron chi connectivity index (χ4n) is 10.5. The van der Waals surface area contributed by atoms with Crippen molar-refractivity contribution in [3.8, 4) is 10.8 Å². The Morgan fingerprint density at radius 2 is 1.56 bits per heavy atom. The number of phenolic OH excluding ortho intramolecular Hbond substituents is 1. The van der Waals surface area contributed by atoms with E-state index in [0.717, 1.165) is 107 Å². The maximum atomic E-state index is 13.9. The van der Waals surface area contributed by atoms with Crippen LogP contribution in [0.5, 0.6) is 5.75 Å². The highest BCUT2D eigenvalue weighted by molar-refractivity contribution is 7.15. The number of phenols is 1. The van der Waals surface area contributed by atoms with Crippen molar-refractivity contribution in [1.82, 2.24) is 19.7 Å². The topological polar surface area (TPSA) is 93.2 Å². The molecule has 4 aliphatic rings. The molecule has 2 N–H and O–H groups in total. The van der Waals surface area contributed by atoms with Crippen molar-refractivity contribution in [2.75, 3.05) is 55.6 Å². The first-order chi connectivity index (χ1) is 29.9. The number of halogens is 2. The van der Waals surface area contributed by atoms with Crippen molar-refractivity contribution >= 4 is 40.0 Å². The quantitative estimate of drug-likeness (QED) is 0.165. The van der Waals surface area contributed by atoms with Gasteiger partial charge in [-0.25, -0.2) is 4.39 Å². The maximum absolute atomic E-state index is 13.9. The number of fused-ring (bicyclic) bond motifs is 4. The van der Waals surface area contributed by atoms with Crippen LogP contribution in [0.25, 0.3) is 5.00 Å². The highest BCUT2D eigenvalue weighted by Crippen LogP contribution is 2.48. The Bertz CT molecular complexity index is 2660. The van der Waals surface area contributed by atoms with E-state index in [4.69, 9.17) is 16.6 Å². The van der Waals surface area contributed by atoms with Gasteiger partial charge in [-0.2, -0.15) is 0 Å². The summed E-state index contributed by atoms with van der Waals surface area (Å²) in [4.78, 5) is 13.7. The first-order valence-corrected chi connectivity index (χ1v) is 23.1. The number of benzene rings is 4. The third kappa shape index (κ3) is 7.50. The molecule has 2 saturated heterocycles. The summed E-state index contributed by atoms with van der Waals surface area (Å²) in [6, 6.07) is 27.7. The van der Waals surface area contributed by atoms with Crippen LogP contribution in [0.4, 0.5) is 15.8 Å². The standard InChI is InChI=1S/C50H53ClFN7O2S/c1-30-32(3)62-49-45(30)47(53-31(2)48-55-54-33(4)59(48)49)35-7-13-39(14-8-35)57-21-19-50(61,20-22-57)29-56-23-25-58(26-24-56)44-18-10-37(28-43(44)51)46-41(34-5-11-38(52)12-6-34)16-9-36-27-40(60)15-17-42(36)46/h5-8,10-15,17-18,27-28,31,41,46,60-61H,9,16,19-26,29H2,1-4H3/t31-,41+,46-/m0/s1. The largest absolute Gasteiger partial charge is 0.508 e. The molecule has 62 heavy (non-hydrogen) atoms. The van der Waals surface area contributed by atoms with Crippen LogP contribution in [0.3, 0.4) is 0 Å². The van der Waals surface area contributed by atoms with Gasteiger partial charge in [0.15, 0.2) is 5.82 Å². The molecule has 0 radical (unpaired) electrons. The third-order valence-electron chi connectivity index (χ3n) is 14.0. The van der Waals surface area contributed by atoms with Gasteiger partial charge in [0.05, 0.1) is 22.0 Å². The number of nitrogens with zero attached hydrogens (tertiary/aromatic N) is 7. The van der Waals surface area contributed by atoms with Crippen molar-refractivity contribution in [2.24, 2.45) is 4.99 Å². The molecular weight excluding hydrogens is 817 g/mol. The van der Waals surface area contributed by atoms with Crippen molar-refractivity contribution in [3.05, 3.63) is 151 Å². The number of rotatable bonds is 7. The van der Waals surface area contributed by atoms with Gasteiger partial charge in [0.25, 0.3) is 0 Å². The number of β-amino-alcohol motifs (C(OH)–C–C–N with tert-alkyl or cyclic N) is 1. The average Bonchev–Trinajstić information content (AvgIpc) is 3.76. The van der Waals surface area contributed by atoms with Gasteiger partial charge in [0.1, 0.15) is 28.4 Å². The zero-order chi connectivity index (χ0) is 42.9. The van der Waals surface area contributed by atoms with E-state index >= 15 is 0 Å². The van der Waals surface area contributed by atoms with E-state index in [9.17, 15) is 14.6 Å². The minimum absolute atomic E-state index is 0.0310. The van der Waals surface area contributed by atoms with Crippen LogP contribution in [0, 0.1) is 26.6 Å². The van der Waals surface area contributed by atoms with E-state index in [-0.39, 0.29) is 29.4 Å². The van der Waals surface area contributed by atoms with E-state index in [1.165, 1.54) is 27.3 Å². The summed E-state index contributed by atoms with van der Waals surface area (Å²) in [5.74, 6) is 1.98. The predicted molar refractivity (Wildman–Crippen MR) is 248 cm³/mol. The van der Waals surface area contributed by atoms with Crippen LogP contribution in [0.1, 0.15) is 99.5 Å². The number of hydrogen-bond donors (Lipinski definition) is 2. The molecule has 0 saturated carbocycles. The number of hydrogen-bond acceptors (Lipinski definition) is 9. The van der Waals surface area contributed by atoms with Crippen molar-refractivity contribution < 1.29 is 14.6 Å². The lowest BCUT2D eigenvalue weighted by atomic mass is 9.69. The molecule has 10 rings (SSSR count). The number of anilines is 2. The highest BCUT2D eigenvalue weighted by Gasteiger charge is 2.37. The van der Waals surface area contributed by atoms with E-state index in [0.29, 0.717) is 19.4 Å². The lowest BCUT2D eigenvalue weighted by molar-refractivity contribution is -0.0173. The molecule has 6 aromatic rings. The zero-order valence-corrected chi connectivity index (χ0v) is 37.4. The first-order valence-electron chi connectivity index (χ1n) is 22.0. The molecule has 0 unspecified atom stereocenters. The normalized spacial score (nSPS) is 21.2. The number of aryl methyl sites for hydroxylation is 3. The minimum atomic E-state index is -0.737. The third-order valence-corrected chi connectivity index (χ3v) is 15.5. The zero-order valence-electron chi connectivity index (χ0n) is 35.8. The summed E-state index contributed by atoms with van der Waals surface area (Å²) in [7, 11) is 0. The molecule has 1 aliphatic carbocycles. The molecule has 2 aromatic heterocycles. The van der Waals surface area contributed by atoms with Gasteiger partial charge >= 0.3 is 0 Å². The lowest BCUT2D eigenvalue weighted by Gasteiger charge is -2.44. The summed E-state index contributed by atoms with van der Waals surface area (Å²) in [6.45, 7) is 14.1. The number of aliphatic hydroxyl groups is 1. The molecule has 9 nitrogen and oxygen atoms in total. The van der Waals surface area contributed by atoms with Gasteiger partial charge in [-0.3, -0.25) is 14.5 Å². The van der Waals surface area contributed by atoms with Crippen molar-refractivity contribution in [3.63, 3.8) is 0 Å². The van der Waals surface area contributed by atoms with E-state index in [2.05, 4.69) is 92.7 Å². The molecule has 3 aliphatic heterocycles. The van der Waals surface area contributed by atoms with Gasteiger partial charge in [0.2, 0.25) is 0 Å². The lowest BCUT2D eigenvalue weighted by Crippen LogP contribution is -2.55. The van der Waals surface area contributed by atoms with Gasteiger partial charge in [-0.05, 0) is 136 Å². The van der Waals surface area contributed by atoms with Crippen LogP contribution in [-0.4, -0.2) is 87.0 Å². The number of thiophene rings is 1. The van der Waals surface area contributed by atoms with Crippen molar-refractivity contribution in [1.29, 1.82) is 0 Å². The van der Waals surface area contributed by atoms with Crippen molar-refractivity contribution in [2.45, 2.75) is 76.9 Å². The van der Waals surface area contributed by atoms with E-state index < -0.39 is 5.60 Å². The molecule has 0 bridgehead atoms. The minimum Gasteiger partial charge on any atom is -0.508 e. The molecule has 12 heteroatoms. The summed E-state index contributed by atoms with van der Waals surface area (Å²) >= 11 is 8.91. The molecule has 4 aromatic carbocycles. The van der Waals surface area contributed by atoms with Gasteiger partial charge in [-0.15, -0.1) is 21.5 Å². The Balaban J connectivity index is 0.773. The van der Waals surface area contributed by atoms with Crippen LogP contribution >= 0.6 is 22.9 Å². The highest BCUT2D eigenvalue weighted by atomic mass is 35.5. The molecule has 0 amide bonds. The Kier molecular flexibility index (Phi) is 10.7. The number of aromatic hydroxyl groups is 1. The summed E-state index contributed by atoms with van der Waals surface area (Å²) < 4.78 is 16.1. The van der Waals surface area contributed by atoms with Gasteiger partial charge in [-0.1, -0.05) is 48.0 Å². The fourth-order valence-corrected chi connectivity index (χ4v) is 12.0. The van der Waals surface area contributed by atoms with Crippen LogP contribution in [0.2, 0.25) is 5.02 Å². The second kappa shape index (κ2) is 16.2. The van der Waals surface area contributed by atoms with Gasteiger partial charge < -0.3 is 20.0 Å². The molecule has 0 spiro atoms. The smallest absolute Gasteiger partial charge is 0.162 e. The maximum Gasteiger partial charge on any atom is 0.162 e. The van der Waals surface area contributed by atoms with Crippen LogP contribution in [0.15, 0.2) is 89.9 Å². The van der Waals surface area contributed by atoms with E-state index in [1.54, 1.807) is 29.5 Å². The second-order valence-electron chi connectivity index (χ2n) is 17.8. The number of aliphatic imine (C=N–C) groups is 1. The summed E-state index contributed by atoms with van der Waals surface area (Å²) in [5.41, 5.74) is 10.5. The summed E-state index contributed by atoms with van der Waals surface area (Å²) in [5, 5.41) is 32.9. The molecule has 2 fully saturated rings. The monoisotopic (exact) mass is 869 g/mol. The second-order valence-corrected chi connectivity index (χ2v) is 19.5. The first kappa shape index (κ1) is 41.0. The van der Waals surface area contributed by atoms with Crippen LogP contribution < -0.4 is 9.80 Å². The molecular formula is C50H53ClFN7O2S. The Morgan fingerprint density at radius 3 is 2.29 bits per heavy atom. The Labute approximate surface area is 372 Å². The number of piperazine rings is 1. The number of piperidine rings is 1. The Morgan fingerprint density at radius 1 is 0.839 bits per heavy atom. The average molecular weight is 871 g/mol. The molecule has 3 atom stereocenters. The van der Waals surface area contributed by atoms with Gasteiger partial charge in [0, 0.05) is 73.4 Å². The molecule has 5 heterocycles. The summed E-state index contributed by atoms with van der Waals surface area (Å²) in [6.07, 6.45) is 3.17. The molecule has 320 valence electrons. The fraction of sp³-hybridized carbons (Fsp3) is 0.380. The van der Waals surface area contributed by atoms with Crippen LogP contribution in [-0.2, 0) is 6.42 Å². The van der Waals surface area contributed by atoms with E-state index in [1.807, 2.05) is 31.2 Å². The number of aromatic nitrogens is 3. The predicted octanol–water partition coefficient (Wildman–Crippen LogP) is 9.68.